The third-order valence-corrected chi connectivity index (χ3v) is 14.8. The van der Waals surface area contributed by atoms with Crippen molar-refractivity contribution in [2.75, 3.05) is 0 Å². The molecule has 4 heterocycles. The van der Waals surface area contributed by atoms with Crippen molar-refractivity contribution >= 4 is 46.4 Å². The number of hydrogen-bond donors (Lipinski definition) is 0. The average molecular weight is 1040 g/mol. The summed E-state index contributed by atoms with van der Waals surface area (Å²) in [6.07, 6.45) is 8.92. The van der Waals surface area contributed by atoms with E-state index in [0.717, 1.165) is 61.6 Å². The minimum Gasteiger partial charge on any atom is -0.486 e. The molecule has 1 aliphatic rings. The van der Waals surface area contributed by atoms with Gasteiger partial charge >= 0.3 is 0 Å². The second-order valence-electron chi connectivity index (χ2n) is 19.0. The summed E-state index contributed by atoms with van der Waals surface area (Å²) in [5.41, 5.74) is 15.0. The van der Waals surface area contributed by atoms with Crippen molar-refractivity contribution in [2.24, 2.45) is 0 Å². The van der Waals surface area contributed by atoms with Crippen LogP contribution in [0.5, 0.6) is 0 Å². The fourth-order valence-corrected chi connectivity index (χ4v) is 10.2. The van der Waals surface area contributed by atoms with E-state index in [0.29, 0.717) is 17.5 Å². The topological polar surface area (TPSA) is 56.7 Å². The number of imidazole rings is 1. The average Bonchev–Trinajstić information content (AvgIpc) is 3.87. The van der Waals surface area contributed by atoms with Gasteiger partial charge in [0.2, 0.25) is 5.71 Å². The SMILES string of the molecule is C[Si](C)(C)c1ccc(-c2[c-]cc(C3CCCCC3)cc2)nc1.Cc1ccc2c(n1)oc1c(-c3nc4ccccc4n3-c3c(C(C)C)cc(-c4ccccc4)cc3C(C)C)[c-]ccc12.[Ir]. The van der Waals surface area contributed by atoms with E-state index >= 15 is 0 Å². The normalized spacial score (nSPS) is 13.4. The summed E-state index contributed by atoms with van der Waals surface area (Å²) in [4.78, 5) is 14.6. The number of rotatable bonds is 8. The van der Waals surface area contributed by atoms with Crippen molar-refractivity contribution < 1.29 is 24.5 Å². The molecule has 327 valence electrons. The van der Waals surface area contributed by atoms with Crippen LogP contribution in [0.15, 0.2) is 132 Å². The molecule has 0 atom stereocenters. The molecule has 5 aromatic carbocycles. The quantitative estimate of drug-likeness (QED) is 0.112. The Kier molecular flexibility index (Phi) is 13.4. The first-order valence-electron chi connectivity index (χ1n) is 22.8. The zero-order valence-electron chi connectivity index (χ0n) is 38.4. The molecule has 4 aromatic heterocycles. The van der Waals surface area contributed by atoms with Gasteiger partial charge in [-0.1, -0.05) is 151 Å². The molecule has 1 fully saturated rings. The van der Waals surface area contributed by atoms with Crippen molar-refractivity contribution in [1.82, 2.24) is 19.5 Å². The van der Waals surface area contributed by atoms with Gasteiger partial charge in [0.15, 0.2) is 0 Å². The Morgan fingerprint density at radius 2 is 1.44 bits per heavy atom. The number of fused-ring (bicyclic) bond motifs is 4. The molecule has 0 bridgehead atoms. The van der Waals surface area contributed by atoms with E-state index in [1.165, 1.54) is 70.8 Å². The van der Waals surface area contributed by atoms with Gasteiger partial charge in [-0.05, 0) is 88.3 Å². The molecule has 1 saturated carbocycles. The summed E-state index contributed by atoms with van der Waals surface area (Å²) in [5.74, 6) is 2.15. The minimum atomic E-state index is -1.26. The molecule has 0 unspecified atom stereocenters. The van der Waals surface area contributed by atoms with Crippen LogP contribution in [0.4, 0.5) is 0 Å². The first-order valence-corrected chi connectivity index (χ1v) is 26.3. The van der Waals surface area contributed by atoms with Gasteiger partial charge in [-0.2, -0.15) is 0 Å². The predicted molar refractivity (Wildman–Crippen MR) is 266 cm³/mol. The molecular weight excluding hydrogens is 977 g/mol. The first kappa shape index (κ1) is 45.1. The number of nitrogens with zero attached hydrogens (tertiary/aromatic N) is 4. The van der Waals surface area contributed by atoms with Crippen LogP contribution in [0, 0.1) is 19.1 Å². The Bertz CT molecular complexity index is 3000. The summed E-state index contributed by atoms with van der Waals surface area (Å²) in [5, 5.41) is 3.43. The van der Waals surface area contributed by atoms with Gasteiger partial charge < -0.3 is 14.0 Å². The molecule has 7 heteroatoms. The number of furan rings is 1. The Hall–Kier alpha value is -5.46. The first-order chi connectivity index (χ1) is 30.4. The molecule has 0 amide bonds. The molecule has 5 nitrogen and oxygen atoms in total. The molecule has 1 aliphatic carbocycles. The molecule has 10 rings (SSSR count). The third-order valence-electron chi connectivity index (χ3n) is 12.8. The second kappa shape index (κ2) is 18.9. The Morgan fingerprint density at radius 3 is 2.09 bits per heavy atom. The zero-order chi connectivity index (χ0) is 43.8. The largest absolute Gasteiger partial charge is 0.486 e. The van der Waals surface area contributed by atoms with Crippen molar-refractivity contribution in [3.63, 3.8) is 0 Å². The third kappa shape index (κ3) is 9.09. The standard InChI is InChI=1S/C37H32N3O.C20H26NSi.Ir/c1-22(2)30-20-26(25-12-7-6-8-13-25)21-31(23(3)4)34(30)40-33-17-10-9-16-32(33)39-36(40)29-15-11-14-27-28-19-18-24(5)38-37(28)41-35(27)29;1-22(2,3)19-13-14-20(21-15-19)18-11-9-17(10-12-18)16-7-5-4-6-8-16;/h6-14,16-23H,1-5H3;9-11,13-16H,4-8H2,1-3H3;/q2*-1;. The van der Waals surface area contributed by atoms with E-state index in [9.17, 15) is 0 Å². The smallest absolute Gasteiger partial charge is 0.216 e. The fourth-order valence-electron chi connectivity index (χ4n) is 9.20. The molecule has 0 aliphatic heterocycles. The van der Waals surface area contributed by atoms with Crippen LogP contribution in [0.1, 0.15) is 99.9 Å². The predicted octanol–water partition coefficient (Wildman–Crippen LogP) is 15.1. The second-order valence-corrected chi connectivity index (χ2v) is 24.1. The van der Waals surface area contributed by atoms with Crippen molar-refractivity contribution in [3.05, 3.63) is 162 Å². The number of aromatic nitrogens is 4. The maximum absolute atomic E-state index is 6.44. The van der Waals surface area contributed by atoms with Gasteiger partial charge in [-0.3, -0.25) is 4.98 Å². The van der Waals surface area contributed by atoms with E-state index in [-0.39, 0.29) is 20.1 Å². The van der Waals surface area contributed by atoms with E-state index in [1.807, 2.05) is 25.1 Å². The molecule has 0 spiro atoms. The molecular formula is C57H58IrN4OSi-2. The van der Waals surface area contributed by atoms with Gasteiger partial charge in [0.25, 0.3) is 0 Å². The van der Waals surface area contributed by atoms with Crippen LogP contribution in [0.2, 0.25) is 19.6 Å². The molecule has 0 saturated heterocycles. The minimum absolute atomic E-state index is 0. The van der Waals surface area contributed by atoms with Crippen molar-refractivity contribution in [2.45, 2.75) is 104 Å². The van der Waals surface area contributed by atoms with Gasteiger partial charge in [0, 0.05) is 43.1 Å². The summed E-state index contributed by atoms with van der Waals surface area (Å²) in [6, 6.07) is 49.9. The van der Waals surface area contributed by atoms with E-state index < -0.39 is 8.07 Å². The number of benzene rings is 5. The molecule has 0 N–H and O–H groups in total. The summed E-state index contributed by atoms with van der Waals surface area (Å²) < 4.78 is 8.78. The Morgan fingerprint density at radius 1 is 0.719 bits per heavy atom. The molecule has 1 radical (unpaired) electrons. The van der Waals surface area contributed by atoms with Crippen molar-refractivity contribution in [1.29, 1.82) is 0 Å². The summed E-state index contributed by atoms with van der Waals surface area (Å²) in [6.45, 7) is 18.2. The number of hydrogen-bond acceptors (Lipinski definition) is 4. The zero-order valence-corrected chi connectivity index (χ0v) is 41.8. The molecule has 9 aromatic rings. The maximum Gasteiger partial charge on any atom is 0.216 e. The van der Waals surface area contributed by atoms with Gasteiger partial charge in [0.05, 0.1) is 30.5 Å². The summed E-state index contributed by atoms with van der Waals surface area (Å²) >= 11 is 0. The van der Waals surface area contributed by atoms with E-state index in [2.05, 4.69) is 183 Å². The fraction of sp³-hybridized carbons (Fsp3) is 0.281. The number of aryl methyl sites for hydroxylation is 1. The van der Waals surface area contributed by atoms with Gasteiger partial charge in [-0.25, -0.2) is 4.98 Å². The summed E-state index contributed by atoms with van der Waals surface area (Å²) in [7, 11) is -1.26. The van der Waals surface area contributed by atoms with Gasteiger partial charge in [0.1, 0.15) is 0 Å². The van der Waals surface area contributed by atoms with Crippen molar-refractivity contribution in [3.8, 4) is 39.5 Å². The number of pyridine rings is 2. The Labute approximate surface area is 393 Å². The monoisotopic (exact) mass is 1040 g/mol. The van der Waals surface area contributed by atoms with E-state index in [1.54, 1.807) is 0 Å². The van der Waals surface area contributed by atoms with Crippen LogP contribution in [-0.2, 0) is 20.1 Å². The van der Waals surface area contributed by atoms with E-state index in [4.69, 9.17) is 9.40 Å². The van der Waals surface area contributed by atoms with Crippen LogP contribution in [-0.4, -0.2) is 27.6 Å². The van der Waals surface area contributed by atoms with Crippen LogP contribution in [0.3, 0.4) is 0 Å². The van der Waals surface area contributed by atoms with Crippen LogP contribution in [0.25, 0.3) is 72.6 Å². The van der Waals surface area contributed by atoms with Gasteiger partial charge in [-0.15, -0.1) is 53.6 Å². The van der Waals surface area contributed by atoms with Crippen LogP contribution >= 0.6 is 0 Å². The van der Waals surface area contributed by atoms with Crippen LogP contribution < -0.4 is 5.19 Å². The maximum atomic E-state index is 6.44. The number of para-hydroxylation sites is 2. The molecule has 64 heavy (non-hydrogen) atoms. The Balaban J connectivity index is 0.000000206.